The molecule has 2 aromatic carbocycles. The van der Waals surface area contributed by atoms with E-state index in [4.69, 9.17) is 10.5 Å². The van der Waals surface area contributed by atoms with E-state index in [1.165, 1.54) is 37.4 Å². The number of rotatable bonds is 7. The molecular formula is C19H18N4O5S2. The summed E-state index contributed by atoms with van der Waals surface area (Å²) in [4.78, 5) is 28.5. The van der Waals surface area contributed by atoms with E-state index in [0.29, 0.717) is 11.4 Å². The van der Waals surface area contributed by atoms with E-state index >= 15 is 0 Å². The molecule has 0 saturated heterocycles. The van der Waals surface area contributed by atoms with E-state index in [9.17, 15) is 18.0 Å². The Labute approximate surface area is 177 Å². The predicted molar refractivity (Wildman–Crippen MR) is 114 cm³/mol. The molecule has 0 fully saturated rings. The summed E-state index contributed by atoms with van der Waals surface area (Å²) in [5, 5.41) is 2.65. The quantitative estimate of drug-likeness (QED) is 0.509. The molecule has 156 valence electrons. The summed E-state index contributed by atoms with van der Waals surface area (Å²) in [6.07, 6.45) is 0. The van der Waals surface area contributed by atoms with Gasteiger partial charge in [-0.2, -0.15) is 0 Å². The van der Waals surface area contributed by atoms with Crippen molar-refractivity contribution in [3.63, 3.8) is 0 Å². The van der Waals surface area contributed by atoms with Gasteiger partial charge in [0.2, 0.25) is 0 Å². The van der Waals surface area contributed by atoms with Crippen LogP contribution in [0.3, 0.4) is 0 Å². The highest BCUT2D eigenvalue weighted by Crippen LogP contribution is 2.27. The number of aryl methyl sites for hydroxylation is 1. The van der Waals surface area contributed by atoms with Gasteiger partial charge in [-0.1, -0.05) is 23.5 Å². The molecular weight excluding hydrogens is 428 g/mol. The molecule has 11 heteroatoms. The van der Waals surface area contributed by atoms with Gasteiger partial charge in [0, 0.05) is 0 Å². The van der Waals surface area contributed by atoms with Gasteiger partial charge in [0.15, 0.2) is 5.13 Å². The molecule has 3 aromatic rings. The molecule has 3 rings (SSSR count). The number of amides is 2. The van der Waals surface area contributed by atoms with Gasteiger partial charge in [0.25, 0.3) is 21.8 Å². The number of nitrogens with one attached hydrogen (secondary N) is 2. The number of para-hydroxylation sites is 1. The summed E-state index contributed by atoms with van der Waals surface area (Å²) >= 11 is 0.876. The van der Waals surface area contributed by atoms with Gasteiger partial charge in [-0.15, -0.1) is 0 Å². The van der Waals surface area contributed by atoms with Crippen LogP contribution in [-0.4, -0.2) is 32.3 Å². The highest BCUT2D eigenvalue weighted by molar-refractivity contribution is 7.93. The van der Waals surface area contributed by atoms with Crippen molar-refractivity contribution in [2.75, 3.05) is 17.1 Å². The lowest BCUT2D eigenvalue weighted by molar-refractivity contribution is 0.100. The Hall–Kier alpha value is -3.44. The minimum absolute atomic E-state index is 0.0255. The number of benzene rings is 2. The number of methoxy groups -OCH3 is 1. The number of nitrogens with two attached hydrogens (primary N) is 1. The molecule has 0 aliphatic heterocycles. The number of thiazole rings is 1. The van der Waals surface area contributed by atoms with Crippen molar-refractivity contribution in [3.05, 3.63) is 64.7 Å². The monoisotopic (exact) mass is 446 g/mol. The maximum Gasteiger partial charge on any atom is 0.267 e. The molecule has 1 aromatic heterocycles. The molecule has 0 aliphatic rings. The maximum absolute atomic E-state index is 12.6. The van der Waals surface area contributed by atoms with Crippen LogP contribution in [0.1, 0.15) is 25.7 Å². The first-order chi connectivity index (χ1) is 14.2. The van der Waals surface area contributed by atoms with Crippen LogP contribution in [0.4, 0.5) is 10.8 Å². The van der Waals surface area contributed by atoms with Gasteiger partial charge < -0.3 is 15.8 Å². The Morgan fingerprint density at radius 3 is 2.40 bits per heavy atom. The second-order valence-corrected chi connectivity index (χ2v) is 8.76. The van der Waals surface area contributed by atoms with Gasteiger partial charge in [0.05, 0.1) is 29.0 Å². The normalized spacial score (nSPS) is 11.0. The zero-order chi connectivity index (χ0) is 21.9. The van der Waals surface area contributed by atoms with E-state index in [1.807, 2.05) is 0 Å². The second kappa shape index (κ2) is 8.51. The summed E-state index contributed by atoms with van der Waals surface area (Å²) in [5.41, 5.74) is 6.07. The molecule has 0 spiro atoms. The van der Waals surface area contributed by atoms with E-state index < -0.39 is 21.8 Å². The Morgan fingerprint density at radius 2 is 1.77 bits per heavy atom. The van der Waals surface area contributed by atoms with E-state index in [1.54, 1.807) is 25.1 Å². The van der Waals surface area contributed by atoms with E-state index in [-0.39, 0.29) is 26.2 Å². The summed E-state index contributed by atoms with van der Waals surface area (Å²) in [6, 6.07) is 12.2. The fourth-order valence-corrected chi connectivity index (χ4v) is 4.66. The average molecular weight is 447 g/mol. The highest BCUT2D eigenvalue weighted by atomic mass is 32.2. The highest BCUT2D eigenvalue weighted by Gasteiger charge is 2.21. The van der Waals surface area contributed by atoms with Crippen molar-refractivity contribution in [2.24, 2.45) is 5.73 Å². The molecule has 2 amide bonds. The number of carbonyl (C=O) groups excluding carboxylic acids is 2. The first-order valence-electron chi connectivity index (χ1n) is 8.56. The summed E-state index contributed by atoms with van der Waals surface area (Å²) in [6.45, 7) is 1.58. The van der Waals surface area contributed by atoms with Gasteiger partial charge in [0.1, 0.15) is 10.6 Å². The van der Waals surface area contributed by atoms with Crippen LogP contribution >= 0.6 is 11.3 Å². The van der Waals surface area contributed by atoms with Crippen LogP contribution in [0.2, 0.25) is 0 Å². The number of hydrogen-bond acceptors (Lipinski definition) is 7. The third-order valence-electron chi connectivity index (χ3n) is 4.03. The maximum atomic E-state index is 12.6. The predicted octanol–water partition coefficient (Wildman–Crippen LogP) is 2.61. The topological polar surface area (TPSA) is 140 Å². The minimum atomic E-state index is -3.89. The summed E-state index contributed by atoms with van der Waals surface area (Å²) in [5.74, 6) is -0.692. The Kier molecular flexibility index (Phi) is 6.04. The lowest BCUT2D eigenvalue weighted by Crippen LogP contribution is -2.18. The molecule has 1 heterocycles. The standard InChI is InChI=1S/C19H18N4O5S2/c1-11-16(18(25)22-15-6-4-3-5-14(15)17(20)24)29-19(21-11)23-30(26,27)13-9-7-12(28-2)8-10-13/h3-10H,1-2H3,(H2,20,24)(H,21,23)(H,22,25). The Bertz CT molecular complexity index is 1200. The number of carbonyl (C=O) groups is 2. The van der Waals surface area contributed by atoms with Crippen LogP contribution in [-0.2, 0) is 10.0 Å². The number of nitrogens with zero attached hydrogens (tertiary/aromatic N) is 1. The van der Waals surface area contributed by atoms with Crippen molar-refractivity contribution in [1.82, 2.24) is 4.98 Å². The van der Waals surface area contributed by atoms with Crippen molar-refractivity contribution in [1.29, 1.82) is 0 Å². The third kappa shape index (κ3) is 4.58. The number of anilines is 2. The Morgan fingerprint density at radius 1 is 1.10 bits per heavy atom. The third-order valence-corrected chi connectivity index (χ3v) is 6.59. The largest absolute Gasteiger partial charge is 0.497 e. The van der Waals surface area contributed by atoms with Crippen molar-refractivity contribution >= 4 is 44.0 Å². The Balaban J connectivity index is 1.81. The SMILES string of the molecule is COc1ccc(S(=O)(=O)Nc2nc(C)c(C(=O)Nc3ccccc3C(N)=O)s2)cc1. The first kappa shape index (κ1) is 21.3. The van der Waals surface area contributed by atoms with Gasteiger partial charge in [-0.3, -0.25) is 14.3 Å². The van der Waals surface area contributed by atoms with Crippen molar-refractivity contribution in [2.45, 2.75) is 11.8 Å². The zero-order valence-electron chi connectivity index (χ0n) is 16.0. The smallest absolute Gasteiger partial charge is 0.267 e. The first-order valence-corrected chi connectivity index (χ1v) is 10.9. The van der Waals surface area contributed by atoms with Gasteiger partial charge >= 0.3 is 0 Å². The summed E-state index contributed by atoms with van der Waals surface area (Å²) in [7, 11) is -2.41. The molecule has 0 aliphatic carbocycles. The molecule has 0 atom stereocenters. The molecule has 9 nitrogen and oxygen atoms in total. The molecule has 4 N–H and O–H groups in total. The van der Waals surface area contributed by atoms with E-state index in [0.717, 1.165) is 11.3 Å². The van der Waals surface area contributed by atoms with Crippen LogP contribution in [0.25, 0.3) is 0 Å². The number of sulfonamides is 1. The molecule has 0 unspecified atom stereocenters. The molecule has 0 bridgehead atoms. The number of primary amides is 1. The van der Waals surface area contributed by atoms with Crippen molar-refractivity contribution in [3.8, 4) is 5.75 Å². The lowest BCUT2D eigenvalue weighted by atomic mass is 10.1. The van der Waals surface area contributed by atoms with E-state index in [2.05, 4.69) is 15.0 Å². The average Bonchev–Trinajstić information content (AvgIpc) is 3.07. The van der Waals surface area contributed by atoms with Gasteiger partial charge in [-0.05, 0) is 43.3 Å². The van der Waals surface area contributed by atoms with Crippen LogP contribution in [0, 0.1) is 6.92 Å². The lowest BCUT2D eigenvalue weighted by Gasteiger charge is -2.08. The van der Waals surface area contributed by atoms with Crippen LogP contribution in [0.5, 0.6) is 5.75 Å². The molecule has 30 heavy (non-hydrogen) atoms. The molecule has 0 radical (unpaired) electrons. The fourth-order valence-electron chi connectivity index (χ4n) is 2.57. The van der Waals surface area contributed by atoms with Crippen LogP contribution < -0.4 is 20.5 Å². The fraction of sp³-hybridized carbons (Fsp3) is 0.105. The second-order valence-electron chi connectivity index (χ2n) is 6.08. The minimum Gasteiger partial charge on any atom is -0.497 e. The van der Waals surface area contributed by atoms with Gasteiger partial charge in [-0.25, -0.2) is 13.4 Å². The number of hydrogen-bond donors (Lipinski definition) is 3. The van der Waals surface area contributed by atoms with Crippen molar-refractivity contribution < 1.29 is 22.7 Å². The zero-order valence-corrected chi connectivity index (χ0v) is 17.6. The van der Waals surface area contributed by atoms with Crippen LogP contribution in [0.15, 0.2) is 53.4 Å². The number of ether oxygens (including phenoxy) is 1. The molecule has 0 saturated carbocycles. The number of aromatic nitrogens is 1. The summed E-state index contributed by atoms with van der Waals surface area (Å²) < 4.78 is 32.5.